The van der Waals surface area contributed by atoms with Crippen molar-refractivity contribution in [2.24, 2.45) is 0 Å². The van der Waals surface area contributed by atoms with Crippen molar-refractivity contribution < 1.29 is 9.53 Å². The van der Waals surface area contributed by atoms with E-state index in [4.69, 9.17) is 10.5 Å². The van der Waals surface area contributed by atoms with Crippen molar-refractivity contribution in [2.45, 2.75) is 0 Å². The number of para-hydroxylation sites is 2. The molecule has 3 N–H and O–H groups in total. The fourth-order valence-corrected chi connectivity index (χ4v) is 1.79. The molecule has 0 aliphatic rings. The summed E-state index contributed by atoms with van der Waals surface area (Å²) in [6.07, 6.45) is 1.66. The minimum Gasteiger partial charge on any atom is -0.497 e. The molecule has 2 aromatic rings. The molecule has 0 radical (unpaired) electrons. The summed E-state index contributed by atoms with van der Waals surface area (Å²) in [6, 6.07) is 12.3. The van der Waals surface area contributed by atoms with Crippen LogP contribution in [0.1, 0.15) is 15.9 Å². The minimum absolute atomic E-state index is 0. The lowest BCUT2D eigenvalue weighted by molar-refractivity contribution is 0.102. The van der Waals surface area contributed by atoms with Crippen molar-refractivity contribution in [1.82, 2.24) is 0 Å². The van der Waals surface area contributed by atoms with Crippen LogP contribution < -0.4 is 15.8 Å². The average molecular weight is 305 g/mol. The van der Waals surface area contributed by atoms with Gasteiger partial charge < -0.3 is 15.8 Å². The molecule has 21 heavy (non-hydrogen) atoms. The number of nitrogen functional groups attached to an aromatic ring is 1. The molecule has 0 unspecified atom stereocenters. The van der Waals surface area contributed by atoms with E-state index in [-0.39, 0.29) is 18.3 Å². The molecule has 0 saturated heterocycles. The predicted octanol–water partition coefficient (Wildman–Crippen LogP) is 3.59. The van der Waals surface area contributed by atoms with Gasteiger partial charge in [0.2, 0.25) is 0 Å². The highest BCUT2D eigenvalue weighted by Crippen LogP contribution is 2.21. The molecule has 2 rings (SSSR count). The summed E-state index contributed by atoms with van der Waals surface area (Å²) in [5, 5.41) is 2.78. The van der Waals surface area contributed by atoms with Crippen molar-refractivity contribution in [2.75, 3.05) is 18.2 Å². The van der Waals surface area contributed by atoms with Gasteiger partial charge in [-0.2, -0.15) is 0 Å². The molecular weight excluding hydrogens is 288 g/mol. The van der Waals surface area contributed by atoms with E-state index in [1.807, 2.05) is 12.1 Å². The van der Waals surface area contributed by atoms with Crippen LogP contribution in [-0.2, 0) is 0 Å². The van der Waals surface area contributed by atoms with Gasteiger partial charge in [0.05, 0.1) is 18.5 Å². The summed E-state index contributed by atoms with van der Waals surface area (Å²) in [5.74, 6) is 0.360. The summed E-state index contributed by atoms with van der Waals surface area (Å²) in [7, 11) is 1.55. The lowest BCUT2D eigenvalue weighted by atomic mass is 10.1. The molecule has 1 amide bonds. The van der Waals surface area contributed by atoms with Crippen LogP contribution in [0, 0.1) is 0 Å². The average Bonchev–Trinajstić information content (AvgIpc) is 2.48. The summed E-state index contributed by atoms with van der Waals surface area (Å²) in [6.45, 7) is 3.70. The highest BCUT2D eigenvalue weighted by molar-refractivity contribution is 6.06. The molecule has 5 heteroatoms. The third-order valence-corrected chi connectivity index (χ3v) is 2.87. The van der Waals surface area contributed by atoms with Gasteiger partial charge in [0.25, 0.3) is 5.91 Å². The van der Waals surface area contributed by atoms with E-state index in [9.17, 15) is 4.79 Å². The van der Waals surface area contributed by atoms with Gasteiger partial charge in [-0.3, -0.25) is 4.79 Å². The second kappa shape index (κ2) is 7.36. The van der Waals surface area contributed by atoms with Crippen molar-refractivity contribution >= 4 is 35.8 Å². The Morgan fingerprint density at radius 1 is 1.29 bits per heavy atom. The molecule has 2 aromatic carbocycles. The maximum absolute atomic E-state index is 12.2. The Kier molecular flexibility index (Phi) is 5.81. The molecule has 0 aromatic heterocycles. The number of anilines is 2. The van der Waals surface area contributed by atoms with Gasteiger partial charge in [0.15, 0.2) is 0 Å². The number of benzene rings is 2. The normalized spacial score (nSPS) is 9.38. The van der Waals surface area contributed by atoms with E-state index in [2.05, 4.69) is 11.9 Å². The number of ether oxygens (including phenoxy) is 1. The zero-order valence-electron chi connectivity index (χ0n) is 11.6. The first-order chi connectivity index (χ1) is 9.63. The van der Waals surface area contributed by atoms with Crippen LogP contribution in [0.4, 0.5) is 11.4 Å². The van der Waals surface area contributed by atoms with Crippen LogP contribution >= 0.6 is 12.4 Å². The van der Waals surface area contributed by atoms with Crippen LogP contribution in [0.2, 0.25) is 0 Å². The Morgan fingerprint density at radius 3 is 2.62 bits per heavy atom. The van der Waals surface area contributed by atoms with Crippen molar-refractivity contribution in [3.05, 3.63) is 60.2 Å². The van der Waals surface area contributed by atoms with Gasteiger partial charge in [-0.15, -0.1) is 12.4 Å². The number of nitrogens with one attached hydrogen (secondary N) is 1. The number of halogens is 1. The quantitative estimate of drug-likeness (QED) is 0.848. The van der Waals surface area contributed by atoms with Crippen LogP contribution in [0.5, 0.6) is 5.75 Å². The van der Waals surface area contributed by atoms with E-state index in [1.165, 1.54) is 0 Å². The Bertz CT molecular complexity index is 656. The highest BCUT2D eigenvalue weighted by atomic mass is 35.5. The minimum atomic E-state index is -0.245. The highest BCUT2D eigenvalue weighted by Gasteiger charge is 2.10. The Balaban J connectivity index is 0.00000220. The van der Waals surface area contributed by atoms with E-state index in [0.29, 0.717) is 22.7 Å². The smallest absolute Gasteiger partial charge is 0.255 e. The fourth-order valence-electron chi connectivity index (χ4n) is 1.79. The summed E-state index contributed by atoms with van der Waals surface area (Å²) < 4.78 is 5.17. The zero-order chi connectivity index (χ0) is 14.5. The van der Waals surface area contributed by atoms with E-state index >= 15 is 0 Å². The SMILES string of the molecule is C=Cc1cc(OC)cc(C(=O)Nc2ccccc2N)c1.Cl. The Labute approximate surface area is 130 Å². The monoisotopic (exact) mass is 304 g/mol. The second-order valence-electron chi connectivity index (χ2n) is 4.24. The molecule has 0 aliphatic carbocycles. The Hall–Kier alpha value is -2.46. The number of hydrogen-bond donors (Lipinski definition) is 2. The molecule has 0 saturated carbocycles. The standard InChI is InChI=1S/C16H16N2O2.ClH/c1-3-11-8-12(10-13(9-11)20-2)16(19)18-15-7-5-4-6-14(15)17;/h3-10H,1,17H2,2H3,(H,18,19);1H. The maximum atomic E-state index is 12.2. The van der Waals surface area contributed by atoms with Crippen LogP contribution in [0.3, 0.4) is 0 Å². The largest absolute Gasteiger partial charge is 0.497 e. The number of methoxy groups -OCH3 is 1. The first kappa shape index (κ1) is 16.6. The number of amides is 1. The van der Waals surface area contributed by atoms with Gasteiger partial charge in [0, 0.05) is 5.56 Å². The molecule has 0 heterocycles. The third kappa shape index (κ3) is 4.00. The Morgan fingerprint density at radius 2 is 2.00 bits per heavy atom. The van der Waals surface area contributed by atoms with E-state index in [1.54, 1.807) is 43.5 Å². The van der Waals surface area contributed by atoms with Crippen LogP contribution in [-0.4, -0.2) is 13.0 Å². The second-order valence-corrected chi connectivity index (χ2v) is 4.24. The number of nitrogens with two attached hydrogens (primary N) is 1. The van der Waals surface area contributed by atoms with Crippen molar-refractivity contribution in [1.29, 1.82) is 0 Å². The lowest BCUT2D eigenvalue weighted by Gasteiger charge is -2.10. The molecule has 110 valence electrons. The molecule has 0 aliphatic heterocycles. The lowest BCUT2D eigenvalue weighted by Crippen LogP contribution is -2.13. The summed E-state index contributed by atoms with van der Waals surface area (Å²) in [4.78, 5) is 12.2. The fraction of sp³-hybridized carbons (Fsp3) is 0.0625. The predicted molar refractivity (Wildman–Crippen MR) is 89.1 cm³/mol. The number of rotatable bonds is 4. The number of hydrogen-bond acceptors (Lipinski definition) is 3. The zero-order valence-corrected chi connectivity index (χ0v) is 12.4. The van der Waals surface area contributed by atoms with Gasteiger partial charge in [-0.1, -0.05) is 24.8 Å². The van der Waals surface area contributed by atoms with E-state index < -0.39 is 0 Å². The molecule has 0 fully saturated rings. The number of carbonyl (C=O) groups excluding carboxylic acids is 1. The van der Waals surface area contributed by atoms with Gasteiger partial charge >= 0.3 is 0 Å². The summed E-state index contributed by atoms with van der Waals surface area (Å²) >= 11 is 0. The van der Waals surface area contributed by atoms with Crippen LogP contribution in [0.15, 0.2) is 49.0 Å². The third-order valence-electron chi connectivity index (χ3n) is 2.87. The topological polar surface area (TPSA) is 64.3 Å². The van der Waals surface area contributed by atoms with E-state index in [0.717, 1.165) is 5.56 Å². The maximum Gasteiger partial charge on any atom is 0.255 e. The molecule has 0 atom stereocenters. The van der Waals surface area contributed by atoms with Crippen LogP contribution in [0.25, 0.3) is 6.08 Å². The van der Waals surface area contributed by atoms with Crippen molar-refractivity contribution in [3.63, 3.8) is 0 Å². The first-order valence-corrected chi connectivity index (χ1v) is 6.11. The summed E-state index contributed by atoms with van der Waals surface area (Å²) in [5.41, 5.74) is 8.21. The number of carbonyl (C=O) groups is 1. The molecular formula is C16H17ClN2O2. The molecule has 0 spiro atoms. The van der Waals surface area contributed by atoms with Gasteiger partial charge in [-0.05, 0) is 35.9 Å². The first-order valence-electron chi connectivity index (χ1n) is 6.11. The molecule has 4 nitrogen and oxygen atoms in total. The van der Waals surface area contributed by atoms with Gasteiger partial charge in [0.1, 0.15) is 5.75 Å². The van der Waals surface area contributed by atoms with Crippen molar-refractivity contribution in [3.8, 4) is 5.75 Å². The van der Waals surface area contributed by atoms with Gasteiger partial charge in [-0.25, -0.2) is 0 Å². The molecule has 0 bridgehead atoms.